The number of aryl methyl sites for hydroxylation is 3. The molecule has 0 amide bonds. The fourth-order valence-corrected chi connectivity index (χ4v) is 3.79. The monoisotopic (exact) mass is 349 g/mol. The zero-order valence-corrected chi connectivity index (χ0v) is 16.4. The van der Waals surface area contributed by atoms with Crippen LogP contribution in [0.15, 0.2) is 11.1 Å². The van der Waals surface area contributed by atoms with Gasteiger partial charge in [0, 0.05) is 46.1 Å². The van der Waals surface area contributed by atoms with Gasteiger partial charge in [0.05, 0.1) is 5.69 Å². The maximum absolute atomic E-state index is 5.31. The molecule has 0 saturated heterocycles. The minimum absolute atomic E-state index is 0.372. The zero-order valence-electron chi connectivity index (χ0n) is 16.4. The molecule has 0 unspecified atom stereocenters. The van der Waals surface area contributed by atoms with Crippen LogP contribution in [0.5, 0.6) is 0 Å². The summed E-state index contributed by atoms with van der Waals surface area (Å²) < 4.78 is 7.39. The van der Waals surface area contributed by atoms with E-state index in [0.717, 1.165) is 50.7 Å². The van der Waals surface area contributed by atoms with E-state index in [-0.39, 0.29) is 0 Å². The van der Waals surface area contributed by atoms with E-state index in [9.17, 15) is 0 Å². The molecule has 0 aliphatic heterocycles. The van der Waals surface area contributed by atoms with Crippen molar-refractivity contribution in [2.24, 2.45) is 10.4 Å². The summed E-state index contributed by atoms with van der Waals surface area (Å²) in [6.07, 6.45) is 7.40. The number of hydrogen-bond acceptors (Lipinski definition) is 3. The van der Waals surface area contributed by atoms with Crippen LogP contribution < -0.4 is 10.6 Å². The minimum Gasteiger partial charge on any atom is -0.385 e. The van der Waals surface area contributed by atoms with Gasteiger partial charge < -0.3 is 15.4 Å². The molecule has 6 heteroatoms. The Morgan fingerprint density at radius 2 is 2.08 bits per heavy atom. The molecule has 142 valence electrons. The predicted octanol–water partition coefficient (Wildman–Crippen LogP) is 2.65. The lowest BCUT2D eigenvalue weighted by Crippen LogP contribution is -2.43. The summed E-state index contributed by atoms with van der Waals surface area (Å²) in [4.78, 5) is 4.37. The van der Waals surface area contributed by atoms with Crippen molar-refractivity contribution in [3.8, 4) is 0 Å². The molecule has 0 atom stereocenters. The van der Waals surface area contributed by atoms with Crippen molar-refractivity contribution in [1.82, 2.24) is 20.4 Å². The van der Waals surface area contributed by atoms with E-state index in [0.29, 0.717) is 5.41 Å². The van der Waals surface area contributed by atoms with Crippen LogP contribution in [0.2, 0.25) is 0 Å². The quantitative estimate of drug-likeness (QED) is 0.409. The predicted molar refractivity (Wildman–Crippen MR) is 103 cm³/mol. The highest BCUT2D eigenvalue weighted by molar-refractivity contribution is 5.79. The molecule has 1 aliphatic carbocycles. The fourth-order valence-electron chi connectivity index (χ4n) is 3.79. The highest BCUT2D eigenvalue weighted by atomic mass is 16.5. The second-order valence-corrected chi connectivity index (χ2v) is 7.31. The lowest BCUT2D eigenvalue weighted by molar-refractivity contribution is 0.138. The highest BCUT2D eigenvalue weighted by Gasteiger charge is 2.33. The lowest BCUT2D eigenvalue weighted by atomic mass is 9.83. The topological polar surface area (TPSA) is 63.5 Å². The lowest BCUT2D eigenvalue weighted by Gasteiger charge is -2.30. The first-order chi connectivity index (χ1) is 12.1. The van der Waals surface area contributed by atoms with Gasteiger partial charge in [-0.25, -0.2) is 0 Å². The smallest absolute Gasteiger partial charge is 0.190 e. The Bertz CT molecular complexity index is 546. The summed E-state index contributed by atoms with van der Waals surface area (Å²) in [5.74, 6) is 0.900. The van der Waals surface area contributed by atoms with Crippen molar-refractivity contribution < 1.29 is 4.74 Å². The minimum atomic E-state index is 0.372. The van der Waals surface area contributed by atoms with E-state index < -0.39 is 0 Å². The van der Waals surface area contributed by atoms with E-state index in [4.69, 9.17) is 4.74 Å². The summed E-state index contributed by atoms with van der Waals surface area (Å²) in [5, 5.41) is 11.5. The molecule has 1 fully saturated rings. The van der Waals surface area contributed by atoms with Gasteiger partial charge in [-0.1, -0.05) is 12.8 Å². The molecule has 1 aromatic rings. The van der Waals surface area contributed by atoms with E-state index >= 15 is 0 Å². The largest absolute Gasteiger partial charge is 0.385 e. The van der Waals surface area contributed by atoms with Crippen LogP contribution in [0.3, 0.4) is 0 Å². The Morgan fingerprint density at radius 3 is 2.68 bits per heavy atom. The van der Waals surface area contributed by atoms with E-state index in [2.05, 4.69) is 38.4 Å². The number of nitrogens with one attached hydrogen (secondary N) is 2. The molecule has 0 spiro atoms. The van der Waals surface area contributed by atoms with Crippen molar-refractivity contribution in [3.63, 3.8) is 0 Å². The fraction of sp³-hybridized carbons (Fsp3) is 0.789. The van der Waals surface area contributed by atoms with Crippen molar-refractivity contribution in [2.75, 3.05) is 33.9 Å². The third-order valence-electron chi connectivity index (χ3n) is 5.30. The van der Waals surface area contributed by atoms with Crippen LogP contribution in [0.25, 0.3) is 0 Å². The maximum Gasteiger partial charge on any atom is 0.190 e. The van der Waals surface area contributed by atoms with Gasteiger partial charge >= 0.3 is 0 Å². The third-order valence-corrected chi connectivity index (χ3v) is 5.30. The number of hydrogen-bond donors (Lipinski definition) is 2. The molecule has 1 aromatic heterocycles. The number of ether oxygens (including phenoxy) is 1. The van der Waals surface area contributed by atoms with Crippen LogP contribution in [0.4, 0.5) is 0 Å². The van der Waals surface area contributed by atoms with E-state index in [1.165, 1.54) is 31.4 Å². The molecule has 1 heterocycles. The van der Waals surface area contributed by atoms with Gasteiger partial charge in [-0.05, 0) is 51.0 Å². The van der Waals surface area contributed by atoms with Gasteiger partial charge in [-0.15, -0.1) is 0 Å². The molecule has 0 radical (unpaired) electrons. The summed E-state index contributed by atoms with van der Waals surface area (Å²) in [6, 6.07) is 2.12. The van der Waals surface area contributed by atoms with E-state index in [1.54, 1.807) is 7.11 Å². The van der Waals surface area contributed by atoms with Gasteiger partial charge in [0.25, 0.3) is 0 Å². The Hall–Kier alpha value is -1.56. The van der Waals surface area contributed by atoms with E-state index in [1.807, 2.05) is 14.0 Å². The third kappa shape index (κ3) is 6.03. The van der Waals surface area contributed by atoms with Crippen molar-refractivity contribution in [3.05, 3.63) is 17.5 Å². The van der Waals surface area contributed by atoms with Gasteiger partial charge in [0.15, 0.2) is 5.96 Å². The van der Waals surface area contributed by atoms with Crippen LogP contribution in [0, 0.1) is 19.3 Å². The molecule has 2 N–H and O–H groups in total. The average molecular weight is 350 g/mol. The standard InChI is InChI=1S/C19H35N5O/c1-16-14-17(2)24(23-16)12-7-11-21-18(20-3)22-15-19(10-13-25-4)8-5-6-9-19/h14H,5-13,15H2,1-4H3,(H2,20,21,22). The van der Waals surface area contributed by atoms with Gasteiger partial charge in [0.1, 0.15) is 0 Å². The molecule has 2 rings (SSSR count). The van der Waals surface area contributed by atoms with Crippen LogP contribution in [-0.4, -0.2) is 49.6 Å². The zero-order chi connectivity index (χ0) is 18.1. The van der Waals surface area contributed by atoms with Gasteiger partial charge in [-0.3, -0.25) is 9.67 Å². The molecule has 1 aliphatic rings. The summed E-state index contributed by atoms with van der Waals surface area (Å²) >= 11 is 0. The van der Waals surface area contributed by atoms with Gasteiger partial charge in [0.2, 0.25) is 0 Å². The summed E-state index contributed by atoms with van der Waals surface area (Å²) in [5.41, 5.74) is 2.68. The number of rotatable bonds is 9. The normalized spacial score (nSPS) is 17.0. The molecule has 0 aromatic carbocycles. The summed E-state index contributed by atoms with van der Waals surface area (Å²) in [7, 11) is 3.63. The Morgan fingerprint density at radius 1 is 1.32 bits per heavy atom. The first-order valence-electron chi connectivity index (χ1n) is 9.53. The van der Waals surface area contributed by atoms with Crippen LogP contribution in [0.1, 0.15) is 49.9 Å². The number of aliphatic imine (C=N–C) groups is 1. The Kier molecular flexibility index (Phi) is 7.75. The molecule has 0 bridgehead atoms. The number of nitrogens with zero attached hydrogens (tertiary/aromatic N) is 3. The van der Waals surface area contributed by atoms with Crippen molar-refractivity contribution in [2.45, 2.75) is 58.9 Å². The highest BCUT2D eigenvalue weighted by Crippen LogP contribution is 2.40. The molecule has 1 saturated carbocycles. The molecular formula is C19H35N5O. The summed E-state index contributed by atoms with van der Waals surface area (Å²) in [6.45, 7) is 7.79. The Labute approximate surface area is 152 Å². The van der Waals surface area contributed by atoms with Crippen molar-refractivity contribution in [1.29, 1.82) is 0 Å². The van der Waals surface area contributed by atoms with Gasteiger partial charge in [-0.2, -0.15) is 5.10 Å². The van der Waals surface area contributed by atoms with Crippen LogP contribution in [-0.2, 0) is 11.3 Å². The average Bonchev–Trinajstić information content (AvgIpc) is 3.19. The molecule has 25 heavy (non-hydrogen) atoms. The SMILES string of the molecule is CN=C(NCCCn1nc(C)cc1C)NCC1(CCOC)CCCC1. The molecule has 6 nitrogen and oxygen atoms in total. The Balaban J connectivity index is 1.72. The number of methoxy groups -OCH3 is 1. The first-order valence-corrected chi connectivity index (χ1v) is 9.53. The van der Waals surface area contributed by atoms with Crippen molar-refractivity contribution >= 4 is 5.96 Å². The second-order valence-electron chi connectivity index (χ2n) is 7.31. The van der Waals surface area contributed by atoms with Crippen LogP contribution >= 0.6 is 0 Å². The molecular weight excluding hydrogens is 314 g/mol. The number of guanidine groups is 1. The maximum atomic E-state index is 5.31. The second kappa shape index (κ2) is 9.80. The first kappa shape index (κ1) is 19.8. The number of aromatic nitrogens is 2.